The summed E-state index contributed by atoms with van der Waals surface area (Å²) < 4.78 is 18.8. The van der Waals surface area contributed by atoms with Gasteiger partial charge in [-0.2, -0.15) is 0 Å². The number of carbonyl (C=O) groups excluding carboxylic acids is 1. The molecule has 1 aromatic rings. The molecule has 8 heteroatoms. The molecule has 0 aromatic heterocycles. The first-order chi connectivity index (χ1) is 16.5. The van der Waals surface area contributed by atoms with E-state index in [4.69, 9.17) is 13.6 Å². The molecule has 0 bridgehead atoms. The van der Waals surface area contributed by atoms with E-state index in [-0.39, 0.29) is 16.2 Å². The van der Waals surface area contributed by atoms with Crippen LogP contribution in [0.1, 0.15) is 86.0 Å². The van der Waals surface area contributed by atoms with E-state index in [1.54, 1.807) is 4.90 Å². The molecule has 1 amide bonds. The summed E-state index contributed by atoms with van der Waals surface area (Å²) in [5, 5.41) is 11.8. The van der Waals surface area contributed by atoms with Crippen LogP contribution in [-0.4, -0.2) is 57.0 Å². The Morgan fingerprint density at radius 2 is 1.57 bits per heavy atom. The van der Waals surface area contributed by atoms with E-state index < -0.39 is 40.5 Å². The number of aliphatic hydroxyl groups is 1. The number of hydrogen-bond acceptors (Lipinski definition) is 5. The Kier molecular flexibility index (Phi) is 9.62. The van der Waals surface area contributed by atoms with E-state index in [9.17, 15) is 9.90 Å². The number of nitrogens with zero attached hydrogens (tertiary/aromatic N) is 1. The fourth-order valence-electron chi connectivity index (χ4n) is 3.90. The molecule has 0 saturated carbocycles. The van der Waals surface area contributed by atoms with Gasteiger partial charge in [-0.1, -0.05) is 65.8 Å². The average Bonchev–Trinajstić information content (AvgIpc) is 3.12. The molecule has 0 radical (unpaired) electrons. The van der Waals surface area contributed by atoms with Gasteiger partial charge in [-0.15, -0.1) is 0 Å². The normalized spacial score (nSPS) is 20.8. The number of aliphatic hydroxyl groups excluding tert-OH is 1. The molecule has 1 fully saturated rings. The van der Waals surface area contributed by atoms with Gasteiger partial charge in [0.1, 0.15) is 5.60 Å². The smallest absolute Gasteiger partial charge is 0.410 e. The topological polar surface area (TPSA) is 68.2 Å². The van der Waals surface area contributed by atoms with Crippen LogP contribution in [0.4, 0.5) is 4.79 Å². The monoisotopic (exact) mass is 551 g/mol. The fourth-order valence-corrected chi connectivity index (χ4v) is 6.22. The molecule has 2 rings (SSSR count). The van der Waals surface area contributed by atoms with Gasteiger partial charge in [0, 0.05) is 6.54 Å². The van der Waals surface area contributed by atoms with Crippen molar-refractivity contribution in [1.29, 1.82) is 0 Å². The van der Waals surface area contributed by atoms with Gasteiger partial charge in [-0.25, -0.2) is 4.79 Å². The lowest BCUT2D eigenvalue weighted by molar-refractivity contribution is 0.00442. The molecule has 0 aliphatic carbocycles. The van der Waals surface area contributed by atoms with Crippen LogP contribution in [0.15, 0.2) is 24.3 Å². The summed E-state index contributed by atoms with van der Waals surface area (Å²) in [5.74, 6) is 0. The third-order valence-electron chi connectivity index (χ3n) is 8.26. The standard InChI is InChI=1S/C29H53NO5Si2/c1-27(2,3)34-26(32)30-19-23(35-37(12,13)29(7,8)9)18-24(30)25(31)22-16-14-15-21(17-22)20-33-36(10,11)28(4,5)6/h14-17,23-25,31H,18-20H2,1-13H3/t23-,24+,25?/m1/s1. The molecule has 1 aliphatic rings. The van der Waals surface area contributed by atoms with Crippen molar-refractivity contribution in [3.05, 3.63) is 35.4 Å². The van der Waals surface area contributed by atoms with E-state index in [1.807, 2.05) is 45.0 Å². The van der Waals surface area contributed by atoms with Crippen LogP contribution in [0.2, 0.25) is 36.3 Å². The van der Waals surface area contributed by atoms with E-state index in [0.717, 1.165) is 11.1 Å². The Hall–Kier alpha value is -1.20. The van der Waals surface area contributed by atoms with Gasteiger partial charge in [-0.3, -0.25) is 4.90 Å². The van der Waals surface area contributed by atoms with Crippen molar-refractivity contribution >= 4 is 22.7 Å². The molecule has 1 aliphatic heterocycles. The summed E-state index contributed by atoms with van der Waals surface area (Å²) in [6, 6.07) is 7.50. The minimum Gasteiger partial charge on any atom is -0.444 e. The maximum atomic E-state index is 13.2. The van der Waals surface area contributed by atoms with Gasteiger partial charge in [0.15, 0.2) is 16.6 Å². The van der Waals surface area contributed by atoms with Crippen LogP contribution < -0.4 is 0 Å². The Labute approximate surface area is 228 Å². The predicted octanol–water partition coefficient (Wildman–Crippen LogP) is 7.64. The SMILES string of the molecule is CC(C)(C)OC(=O)N1C[C@H](O[Si](C)(C)C(C)(C)C)C[C@H]1C(O)c1cccc(CO[Si](C)(C)C(C)(C)C)c1. The Morgan fingerprint density at radius 3 is 2.08 bits per heavy atom. The molecule has 212 valence electrons. The van der Waals surface area contributed by atoms with Crippen molar-refractivity contribution in [3.8, 4) is 0 Å². The van der Waals surface area contributed by atoms with E-state index in [2.05, 4.69) is 67.7 Å². The second-order valence-corrected chi connectivity index (χ2v) is 24.2. The maximum absolute atomic E-state index is 13.2. The molecular weight excluding hydrogens is 498 g/mol. The van der Waals surface area contributed by atoms with Crippen molar-refractivity contribution in [3.63, 3.8) is 0 Å². The van der Waals surface area contributed by atoms with Crippen LogP contribution in [0.3, 0.4) is 0 Å². The van der Waals surface area contributed by atoms with E-state index in [1.165, 1.54) is 0 Å². The quantitative estimate of drug-likeness (QED) is 0.353. The predicted molar refractivity (Wildman–Crippen MR) is 157 cm³/mol. The van der Waals surface area contributed by atoms with Crippen molar-refractivity contribution in [2.24, 2.45) is 0 Å². The molecule has 1 aromatic carbocycles. The summed E-state index contributed by atoms with van der Waals surface area (Å²) >= 11 is 0. The number of likely N-dealkylation sites (tertiary alicyclic amines) is 1. The minimum absolute atomic E-state index is 0.0545. The summed E-state index contributed by atoms with van der Waals surface area (Å²) in [6.45, 7) is 28.8. The van der Waals surface area contributed by atoms with Gasteiger partial charge in [0.2, 0.25) is 0 Å². The highest BCUT2D eigenvalue weighted by Crippen LogP contribution is 2.41. The Bertz CT molecular complexity index is 927. The number of benzene rings is 1. The van der Waals surface area contributed by atoms with Gasteiger partial charge in [0.05, 0.1) is 24.9 Å². The number of amides is 1. The molecule has 3 atom stereocenters. The first-order valence-electron chi connectivity index (χ1n) is 13.6. The fraction of sp³-hybridized carbons (Fsp3) is 0.759. The lowest BCUT2D eigenvalue weighted by Crippen LogP contribution is -2.45. The summed E-state index contributed by atoms with van der Waals surface area (Å²) in [7, 11) is -3.95. The molecule has 1 saturated heterocycles. The van der Waals surface area contributed by atoms with Crippen LogP contribution in [-0.2, 0) is 20.2 Å². The highest BCUT2D eigenvalue weighted by Gasteiger charge is 2.46. The lowest BCUT2D eigenvalue weighted by atomic mass is 9.98. The third kappa shape index (κ3) is 8.39. The Balaban J connectivity index is 2.28. The Morgan fingerprint density at radius 1 is 1.00 bits per heavy atom. The summed E-state index contributed by atoms with van der Waals surface area (Å²) in [5.41, 5.74) is 1.19. The van der Waals surface area contributed by atoms with Crippen molar-refractivity contribution in [1.82, 2.24) is 4.90 Å². The molecule has 1 N–H and O–H groups in total. The largest absolute Gasteiger partial charge is 0.444 e. The zero-order valence-corrected chi connectivity index (χ0v) is 27.7. The molecule has 1 unspecified atom stereocenters. The number of hydrogen-bond donors (Lipinski definition) is 1. The van der Waals surface area contributed by atoms with Crippen LogP contribution in [0.5, 0.6) is 0 Å². The molecule has 6 nitrogen and oxygen atoms in total. The average molecular weight is 552 g/mol. The lowest BCUT2D eigenvalue weighted by Gasteiger charge is -2.38. The zero-order chi connectivity index (χ0) is 28.6. The number of carbonyl (C=O) groups is 1. The second kappa shape index (κ2) is 11.1. The van der Waals surface area contributed by atoms with Gasteiger partial charge in [0.25, 0.3) is 0 Å². The molecule has 0 spiro atoms. The first kappa shape index (κ1) is 32.0. The molecule has 1 heterocycles. The first-order valence-corrected chi connectivity index (χ1v) is 19.4. The number of ether oxygens (including phenoxy) is 1. The minimum atomic E-state index is -2.05. The van der Waals surface area contributed by atoms with Gasteiger partial charge < -0.3 is 18.7 Å². The maximum Gasteiger partial charge on any atom is 0.410 e. The third-order valence-corrected chi connectivity index (χ3v) is 17.3. The number of rotatable bonds is 7. The summed E-state index contributed by atoms with van der Waals surface area (Å²) in [6.07, 6.45) is -0.834. The highest BCUT2D eigenvalue weighted by atomic mass is 28.4. The van der Waals surface area contributed by atoms with Crippen molar-refractivity contribution in [2.45, 2.75) is 135 Å². The van der Waals surface area contributed by atoms with Gasteiger partial charge in [-0.05, 0) is 74.6 Å². The second-order valence-electron chi connectivity index (χ2n) is 14.7. The van der Waals surface area contributed by atoms with Crippen LogP contribution in [0, 0.1) is 0 Å². The van der Waals surface area contributed by atoms with E-state index >= 15 is 0 Å². The highest BCUT2D eigenvalue weighted by molar-refractivity contribution is 6.74. The van der Waals surface area contributed by atoms with Crippen molar-refractivity contribution < 1.29 is 23.5 Å². The molecule has 37 heavy (non-hydrogen) atoms. The summed E-state index contributed by atoms with van der Waals surface area (Å²) in [4.78, 5) is 14.9. The van der Waals surface area contributed by atoms with Crippen LogP contribution in [0.25, 0.3) is 0 Å². The van der Waals surface area contributed by atoms with E-state index in [0.29, 0.717) is 19.6 Å². The van der Waals surface area contributed by atoms with Crippen LogP contribution >= 0.6 is 0 Å². The molecular formula is C29H53NO5Si2. The zero-order valence-electron chi connectivity index (χ0n) is 25.7. The van der Waals surface area contributed by atoms with Crippen molar-refractivity contribution in [2.75, 3.05) is 6.54 Å². The van der Waals surface area contributed by atoms with Gasteiger partial charge >= 0.3 is 6.09 Å².